The number of anilines is 1. The Hall–Kier alpha value is -1.89. The van der Waals surface area contributed by atoms with Crippen molar-refractivity contribution in [3.8, 4) is 0 Å². The van der Waals surface area contributed by atoms with E-state index in [4.69, 9.17) is 12.2 Å². The van der Waals surface area contributed by atoms with Crippen LogP contribution < -0.4 is 16.2 Å². The van der Waals surface area contributed by atoms with Gasteiger partial charge in [-0.3, -0.25) is 21.0 Å². The number of fused-ring (bicyclic) bond motifs is 2. The standard InChI is InChI=1S/C14H18N4O2S/c19-18(20)13-4-2-1-3-11(13)16-17-14(21)15-12-8-9-5-6-10(12)7-9/h1-4,9-10,12,16H,5-8H2,(H2,15,17,21)/t9-,10-,12-/m1/s1. The molecule has 21 heavy (non-hydrogen) atoms. The average Bonchev–Trinajstić information content (AvgIpc) is 3.08. The molecule has 2 fully saturated rings. The highest BCUT2D eigenvalue weighted by Gasteiger charge is 2.39. The minimum Gasteiger partial charge on any atom is -0.358 e. The van der Waals surface area contributed by atoms with Crippen LogP contribution in [0.2, 0.25) is 0 Å². The summed E-state index contributed by atoms with van der Waals surface area (Å²) in [4.78, 5) is 10.5. The second kappa shape index (κ2) is 5.85. The fourth-order valence-corrected chi connectivity index (χ4v) is 3.69. The summed E-state index contributed by atoms with van der Waals surface area (Å²) in [6, 6.07) is 6.91. The molecule has 3 atom stereocenters. The Morgan fingerprint density at radius 3 is 2.76 bits per heavy atom. The number of hydrazine groups is 1. The van der Waals surface area contributed by atoms with Crippen LogP contribution in [0.1, 0.15) is 25.7 Å². The van der Waals surface area contributed by atoms with Gasteiger partial charge in [0, 0.05) is 12.1 Å². The van der Waals surface area contributed by atoms with Crippen LogP contribution in [-0.2, 0) is 0 Å². The molecule has 0 heterocycles. The quantitative estimate of drug-likeness (QED) is 0.451. The fraction of sp³-hybridized carbons (Fsp3) is 0.500. The highest BCUT2D eigenvalue weighted by Crippen LogP contribution is 2.44. The smallest absolute Gasteiger partial charge is 0.294 e. The van der Waals surface area contributed by atoms with E-state index >= 15 is 0 Å². The Morgan fingerprint density at radius 2 is 2.10 bits per heavy atom. The average molecular weight is 306 g/mol. The largest absolute Gasteiger partial charge is 0.358 e. The molecular weight excluding hydrogens is 288 g/mol. The molecule has 1 aromatic rings. The fourth-order valence-electron chi connectivity index (χ4n) is 3.49. The number of nitrogens with one attached hydrogen (secondary N) is 3. The monoisotopic (exact) mass is 306 g/mol. The highest BCUT2D eigenvalue weighted by atomic mass is 32.1. The summed E-state index contributed by atoms with van der Waals surface area (Å²) < 4.78 is 0. The van der Waals surface area contributed by atoms with Crippen molar-refractivity contribution in [3.05, 3.63) is 34.4 Å². The van der Waals surface area contributed by atoms with Gasteiger partial charge in [-0.15, -0.1) is 0 Å². The Bertz CT molecular complexity index is 566. The summed E-state index contributed by atoms with van der Waals surface area (Å²) in [5, 5.41) is 14.7. The highest BCUT2D eigenvalue weighted by molar-refractivity contribution is 7.80. The van der Waals surface area contributed by atoms with Gasteiger partial charge in [0.1, 0.15) is 5.69 Å². The molecule has 0 unspecified atom stereocenters. The number of benzene rings is 1. The van der Waals surface area contributed by atoms with E-state index in [1.54, 1.807) is 18.2 Å². The molecule has 0 spiro atoms. The Morgan fingerprint density at radius 1 is 1.29 bits per heavy atom. The summed E-state index contributed by atoms with van der Waals surface area (Å²) in [6.07, 6.45) is 5.11. The van der Waals surface area contributed by atoms with Gasteiger partial charge in [-0.05, 0) is 49.4 Å². The van der Waals surface area contributed by atoms with Gasteiger partial charge >= 0.3 is 0 Å². The van der Waals surface area contributed by atoms with Gasteiger partial charge < -0.3 is 5.32 Å². The summed E-state index contributed by atoms with van der Waals surface area (Å²) in [6.45, 7) is 0. The first-order valence-electron chi connectivity index (χ1n) is 7.19. The predicted octanol–water partition coefficient (Wildman–Crippen LogP) is 2.57. The third-order valence-electron chi connectivity index (χ3n) is 4.47. The Labute approximate surface area is 128 Å². The summed E-state index contributed by atoms with van der Waals surface area (Å²) in [7, 11) is 0. The first kappa shape index (κ1) is 14.1. The minimum absolute atomic E-state index is 0.0210. The van der Waals surface area contributed by atoms with Crippen molar-refractivity contribution in [1.29, 1.82) is 0 Å². The van der Waals surface area contributed by atoms with E-state index in [9.17, 15) is 10.1 Å². The van der Waals surface area contributed by atoms with Gasteiger partial charge in [0.05, 0.1) is 4.92 Å². The molecule has 7 heteroatoms. The lowest BCUT2D eigenvalue weighted by Gasteiger charge is -2.24. The van der Waals surface area contributed by atoms with Crippen LogP contribution in [0.25, 0.3) is 0 Å². The molecular formula is C14H18N4O2S. The van der Waals surface area contributed by atoms with E-state index in [0.29, 0.717) is 16.8 Å². The number of hydrogen-bond donors (Lipinski definition) is 3. The zero-order valence-corrected chi connectivity index (χ0v) is 12.4. The topological polar surface area (TPSA) is 79.2 Å². The molecule has 2 bridgehead atoms. The lowest BCUT2D eigenvalue weighted by molar-refractivity contribution is -0.384. The maximum atomic E-state index is 10.9. The molecule has 0 radical (unpaired) electrons. The van der Waals surface area contributed by atoms with Crippen molar-refractivity contribution in [3.63, 3.8) is 0 Å². The molecule has 2 saturated carbocycles. The van der Waals surface area contributed by atoms with Gasteiger partial charge in [0.2, 0.25) is 0 Å². The number of nitrogens with zero attached hydrogens (tertiary/aromatic N) is 1. The number of thiocarbonyl (C=S) groups is 1. The predicted molar refractivity (Wildman–Crippen MR) is 84.8 cm³/mol. The second-order valence-electron chi connectivity index (χ2n) is 5.78. The maximum Gasteiger partial charge on any atom is 0.294 e. The normalized spacial score (nSPS) is 26.4. The van der Waals surface area contributed by atoms with Gasteiger partial charge in [0.15, 0.2) is 5.11 Å². The van der Waals surface area contributed by atoms with E-state index < -0.39 is 4.92 Å². The summed E-state index contributed by atoms with van der Waals surface area (Å²) in [5.41, 5.74) is 6.09. The van der Waals surface area contributed by atoms with Crippen molar-refractivity contribution >= 4 is 28.7 Å². The molecule has 6 nitrogen and oxygen atoms in total. The van der Waals surface area contributed by atoms with E-state index in [-0.39, 0.29) is 5.69 Å². The number of nitro groups is 1. The third kappa shape index (κ3) is 3.07. The van der Waals surface area contributed by atoms with Crippen LogP contribution in [0, 0.1) is 22.0 Å². The second-order valence-corrected chi connectivity index (χ2v) is 6.19. The molecule has 112 valence electrons. The zero-order chi connectivity index (χ0) is 14.8. The van der Waals surface area contributed by atoms with E-state index in [1.165, 1.54) is 31.7 Å². The van der Waals surface area contributed by atoms with Gasteiger partial charge in [-0.2, -0.15) is 0 Å². The maximum absolute atomic E-state index is 10.9. The molecule has 2 aliphatic rings. The van der Waals surface area contributed by atoms with Gasteiger partial charge in [0.25, 0.3) is 5.69 Å². The van der Waals surface area contributed by atoms with Gasteiger partial charge in [-0.25, -0.2) is 0 Å². The Kier molecular flexibility index (Phi) is 3.92. The summed E-state index contributed by atoms with van der Waals surface area (Å²) in [5.74, 6) is 1.57. The van der Waals surface area contributed by atoms with Crippen molar-refractivity contribution < 1.29 is 4.92 Å². The molecule has 2 aliphatic carbocycles. The van der Waals surface area contributed by atoms with Crippen LogP contribution in [-0.4, -0.2) is 16.1 Å². The van der Waals surface area contributed by atoms with Crippen LogP contribution in [0.15, 0.2) is 24.3 Å². The lowest BCUT2D eigenvalue weighted by Crippen LogP contribution is -2.46. The number of rotatable bonds is 4. The van der Waals surface area contributed by atoms with Crippen LogP contribution >= 0.6 is 12.2 Å². The van der Waals surface area contributed by atoms with Gasteiger partial charge in [-0.1, -0.05) is 18.6 Å². The van der Waals surface area contributed by atoms with Crippen molar-refractivity contribution in [2.45, 2.75) is 31.7 Å². The molecule has 0 saturated heterocycles. The van der Waals surface area contributed by atoms with Crippen molar-refractivity contribution in [2.24, 2.45) is 11.8 Å². The number of nitro benzene ring substituents is 1. The third-order valence-corrected chi connectivity index (χ3v) is 4.69. The number of para-hydroxylation sites is 2. The molecule has 3 N–H and O–H groups in total. The van der Waals surface area contributed by atoms with Crippen LogP contribution in [0.4, 0.5) is 11.4 Å². The van der Waals surface area contributed by atoms with Crippen LogP contribution in [0.3, 0.4) is 0 Å². The molecule has 1 aromatic carbocycles. The lowest BCUT2D eigenvalue weighted by atomic mass is 9.96. The Balaban J connectivity index is 1.53. The minimum atomic E-state index is -0.420. The van der Waals surface area contributed by atoms with E-state index in [0.717, 1.165) is 11.8 Å². The van der Waals surface area contributed by atoms with Crippen molar-refractivity contribution in [2.75, 3.05) is 5.43 Å². The number of hydrogen-bond acceptors (Lipinski definition) is 4. The molecule has 0 aliphatic heterocycles. The van der Waals surface area contributed by atoms with Crippen LogP contribution in [0.5, 0.6) is 0 Å². The molecule has 0 amide bonds. The first-order valence-corrected chi connectivity index (χ1v) is 7.60. The van der Waals surface area contributed by atoms with E-state index in [2.05, 4.69) is 16.2 Å². The van der Waals surface area contributed by atoms with Crippen molar-refractivity contribution in [1.82, 2.24) is 10.7 Å². The zero-order valence-electron chi connectivity index (χ0n) is 11.5. The summed E-state index contributed by atoms with van der Waals surface area (Å²) >= 11 is 5.26. The molecule has 0 aromatic heterocycles. The SMILES string of the molecule is O=[N+]([O-])c1ccccc1NNC(=S)N[C@@H]1C[C@@H]2CC[C@@H]1C2. The van der Waals surface area contributed by atoms with E-state index in [1.807, 2.05) is 0 Å². The first-order chi connectivity index (χ1) is 10.1. The molecule has 3 rings (SSSR count).